The molecule has 0 saturated carbocycles. The average Bonchev–Trinajstić information content (AvgIpc) is 2.06. The van der Waals surface area contributed by atoms with Gasteiger partial charge in [0.05, 0.1) is 6.61 Å². The van der Waals surface area contributed by atoms with Crippen molar-refractivity contribution in [3.63, 3.8) is 0 Å². The Kier molecular flexibility index (Phi) is 18.0. The van der Waals surface area contributed by atoms with Crippen molar-refractivity contribution in [2.75, 3.05) is 19.7 Å². The quantitative estimate of drug-likeness (QED) is 0.269. The van der Waals surface area contributed by atoms with E-state index in [0.29, 0.717) is 19.7 Å². The van der Waals surface area contributed by atoms with Gasteiger partial charge in [-0.15, -0.1) is 0 Å². The van der Waals surface area contributed by atoms with Gasteiger partial charge in [-0.25, -0.2) is 4.62 Å². The Hall–Kier alpha value is 1.71. The summed E-state index contributed by atoms with van der Waals surface area (Å²) in [6, 6.07) is 0. The fourth-order valence-corrected chi connectivity index (χ4v) is 1.09. The molecule has 13 heavy (non-hydrogen) atoms. The molecule has 0 aromatic heterocycles. The summed E-state index contributed by atoms with van der Waals surface area (Å²) < 4.78 is 20.3. The molecule has 0 aliphatic rings. The van der Waals surface area contributed by atoms with Gasteiger partial charge in [0.2, 0.25) is 0 Å². The topological polar surface area (TPSA) is 73.6 Å². The third-order valence-corrected chi connectivity index (χ3v) is 1.87. The van der Waals surface area contributed by atoms with Crippen molar-refractivity contribution in [3.8, 4) is 0 Å². The normalized spacial score (nSPS) is 12.2. The van der Waals surface area contributed by atoms with Gasteiger partial charge in [-0.1, -0.05) is 13.3 Å². The summed E-state index contributed by atoms with van der Waals surface area (Å²) in [5, 5.41) is 0. The molecule has 3 N–H and O–H groups in total. The van der Waals surface area contributed by atoms with Crippen LogP contribution < -0.4 is 11.2 Å². The first-order valence-corrected chi connectivity index (χ1v) is 5.30. The maximum atomic E-state index is 10.8. The summed E-state index contributed by atoms with van der Waals surface area (Å²) >= 11 is 0. The Balaban J connectivity index is 0. The van der Waals surface area contributed by atoms with Crippen LogP contribution in [0.25, 0.3) is 0 Å². The van der Waals surface area contributed by atoms with Gasteiger partial charge in [0.25, 0.3) is 0 Å². The fraction of sp³-hybridized carbons (Fsp3) is 1.00. The van der Waals surface area contributed by atoms with Gasteiger partial charge >= 0.3 is 59.6 Å². The first-order valence-electron chi connectivity index (χ1n) is 4.07. The SMILES string of the molecule is CCCCO[PH](=O)ONCCN.[KH]. The molecule has 0 aromatic carbocycles. The Morgan fingerprint density at radius 1 is 1.54 bits per heavy atom. The molecule has 0 amide bonds. The van der Waals surface area contributed by atoms with E-state index in [2.05, 4.69) is 10.1 Å². The zero-order valence-corrected chi connectivity index (χ0v) is 8.34. The molecule has 0 spiro atoms. The first-order chi connectivity index (χ1) is 5.81. The van der Waals surface area contributed by atoms with Crippen molar-refractivity contribution >= 4 is 59.6 Å². The summed E-state index contributed by atoms with van der Waals surface area (Å²) in [6.45, 7) is 3.45. The average molecular weight is 236 g/mol. The summed E-state index contributed by atoms with van der Waals surface area (Å²) in [5.74, 6) is 0. The van der Waals surface area contributed by atoms with Crippen LogP contribution in [-0.2, 0) is 13.7 Å². The summed E-state index contributed by atoms with van der Waals surface area (Å²) in [4.78, 5) is 0. The molecule has 0 radical (unpaired) electrons. The number of nitrogens with one attached hydrogen (secondary N) is 1. The molecule has 0 saturated heterocycles. The molecule has 76 valence electrons. The van der Waals surface area contributed by atoms with E-state index >= 15 is 0 Å². The Bertz CT molecular complexity index is 116. The van der Waals surface area contributed by atoms with Crippen molar-refractivity contribution in [1.29, 1.82) is 0 Å². The predicted octanol–water partition coefficient (Wildman–Crippen LogP) is 0.0242. The molecule has 0 aromatic rings. The van der Waals surface area contributed by atoms with Crippen LogP contribution in [0.1, 0.15) is 19.8 Å². The molecule has 0 aliphatic heterocycles. The number of nitrogens with two attached hydrogens (primary N) is 1. The summed E-state index contributed by atoms with van der Waals surface area (Å²) in [7, 11) is -2.35. The second kappa shape index (κ2) is 13.7. The van der Waals surface area contributed by atoms with Gasteiger partial charge in [-0.05, 0) is 6.42 Å². The van der Waals surface area contributed by atoms with Crippen LogP contribution in [0.3, 0.4) is 0 Å². The Morgan fingerprint density at radius 2 is 2.23 bits per heavy atom. The second-order valence-corrected chi connectivity index (χ2v) is 3.23. The minimum atomic E-state index is -2.35. The molecule has 0 heterocycles. The zero-order chi connectivity index (χ0) is 9.23. The van der Waals surface area contributed by atoms with Gasteiger partial charge in [-0.2, -0.15) is 5.48 Å². The molecular formula is C6H18KN2O3P. The van der Waals surface area contributed by atoms with E-state index in [1.165, 1.54) is 0 Å². The number of rotatable bonds is 8. The van der Waals surface area contributed by atoms with Gasteiger partial charge in [0.1, 0.15) is 0 Å². The van der Waals surface area contributed by atoms with Crippen LogP contribution in [0.15, 0.2) is 0 Å². The second-order valence-electron chi connectivity index (χ2n) is 2.24. The minimum absolute atomic E-state index is 0. The third-order valence-electron chi connectivity index (χ3n) is 1.12. The van der Waals surface area contributed by atoms with Crippen molar-refractivity contribution < 1.29 is 13.7 Å². The Morgan fingerprint density at radius 3 is 2.77 bits per heavy atom. The summed E-state index contributed by atoms with van der Waals surface area (Å²) in [5.41, 5.74) is 7.61. The summed E-state index contributed by atoms with van der Waals surface area (Å²) in [6.07, 6.45) is 1.92. The molecule has 5 nitrogen and oxygen atoms in total. The van der Waals surface area contributed by atoms with E-state index in [0.717, 1.165) is 12.8 Å². The molecule has 0 fully saturated rings. The van der Waals surface area contributed by atoms with E-state index in [-0.39, 0.29) is 51.4 Å². The number of hydrogen-bond donors (Lipinski definition) is 2. The molecule has 0 bridgehead atoms. The van der Waals surface area contributed by atoms with Gasteiger partial charge in [-0.3, -0.25) is 4.57 Å². The fourth-order valence-electron chi connectivity index (χ4n) is 0.498. The molecule has 0 rings (SSSR count). The molecular weight excluding hydrogens is 218 g/mol. The van der Waals surface area contributed by atoms with Crippen LogP contribution in [0.5, 0.6) is 0 Å². The number of hydrogen-bond acceptors (Lipinski definition) is 5. The predicted molar refractivity (Wildman–Crippen MR) is 55.2 cm³/mol. The van der Waals surface area contributed by atoms with Crippen LogP contribution >= 0.6 is 8.25 Å². The number of hydroxylamine groups is 1. The molecule has 7 heteroatoms. The Labute approximate surface area is 122 Å². The van der Waals surface area contributed by atoms with Crippen molar-refractivity contribution in [2.45, 2.75) is 19.8 Å². The molecule has 0 aliphatic carbocycles. The molecule has 1 unspecified atom stereocenters. The van der Waals surface area contributed by atoms with E-state index in [1.807, 2.05) is 6.92 Å². The van der Waals surface area contributed by atoms with Gasteiger partial charge in [0.15, 0.2) is 0 Å². The van der Waals surface area contributed by atoms with Gasteiger partial charge in [0, 0.05) is 13.1 Å². The maximum absolute atomic E-state index is 10.8. The molecule has 1 atom stereocenters. The van der Waals surface area contributed by atoms with E-state index < -0.39 is 8.25 Å². The third kappa shape index (κ3) is 13.7. The van der Waals surface area contributed by atoms with Crippen LogP contribution in [0, 0.1) is 0 Å². The standard InChI is InChI=1S/C6H17N2O3P.K.H/c1-2-3-6-10-12(9)11-8-5-4-7;;/h8,12H,2-7H2,1H3;;. The number of unbranched alkanes of at least 4 members (excludes halogenated alkanes) is 1. The van der Waals surface area contributed by atoms with Crippen molar-refractivity contribution in [1.82, 2.24) is 5.48 Å². The van der Waals surface area contributed by atoms with Crippen LogP contribution in [0.2, 0.25) is 0 Å². The van der Waals surface area contributed by atoms with Gasteiger partial charge < -0.3 is 10.3 Å². The van der Waals surface area contributed by atoms with Crippen LogP contribution in [-0.4, -0.2) is 71.1 Å². The monoisotopic (exact) mass is 236 g/mol. The first kappa shape index (κ1) is 17.1. The van der Waals surface area contributed by atoms with Crippen molar-refractivity contribution in [3.05, 3.63) is 0 Å². The van der Waals surface area contributed by atoms with E-state index in [4.69, 9.17) is 10.3 Å². The van der Waals surface area contributed by atoms with E-state index in [1.54, 1.807) is 0 Å². The zero-order valence-electron chi connectivity index (χ0n) is 7.34. The van der Waals surface area contributed by atoms with Crippen LogP contribution in [0.4, 0.5) is 0 Å². The van der Waals surface area contributed by atoms with E-state index in [9.17, 15) is 4.57 Å². The van der Waals surface area contributed by atoms with Crippen molar-refractivity contribution in [2.24, 2.45) is 5.73 Å².